The van der Waals surface area contributed by atoms with Gasteiger partial charge in [-0.05, 0) is 48.1 Å². The van der Waals surface area contributed by atoms with Gasteiger partial charge >= 0.3 is 0 Å². The smallest absolute Gasteiger partial charge is 0.0918 e. The number of pyridine rings is 2. The van der Waals surface area contributed by atoms with E-state index in [1.807, 2.05) is 38.0 Å². The lowest BCUT2D eigenvalue weighted by Gasteiger charge is -2.35. The van der Waals surface area contributed by atoms with Crippen LogP contribution in [0.15, 0.2) is 60.2 Å². The molecule has 1 aliphatic heterocycles. The molecule has 6 nitrogen and oxygen atoms in total. The molecule has 0 atom stereocenters. The van der Waals surface area contributed by atoms with Crippen molar-refractivity contribution in [2.75, 3.05) is 0 Å². The molecule has 1 aliphatic carbocycles. The quantitative estimate of drug-likeness (QED) is 0.428. The Hall–Kier alpha value is -3.54. The van der Waals surface area contributed by atoms with Crippen LogP contribution in [0.3, 0.4) is 0 Å². The minimum Gasteiger partial charge on any atom is -0.355 e. The van der Waals surface area contributed by atoms with E-state index in [0.717, 1.165) is 29.9 Å². The molecule has 1 saturated carbocycles. The highest BCUT2D eigenvalue weighted by molar-refractivity contribution is 5.97. The van der Waals surface area contributed by atoms with E-state index < -0.39 is 0 Å². The van der Waals surface area contributed by atoms with E-state index in [0.29, 0.717) is 6.04 Å². The van der Waals surface area contributed by atoms with Crippen LogP contribution in [0.2, 0.25) is 0 Å². The second-order valence-corrected chi connectivity index (χ2v) is 9.30. The number of aromatic nitrogens is 4. The largest absolute Gasteiger partial charge is 0.355 e. The molecule has 166 valence electrons. The minimum absolute atomic E-state index is 0.622. The summed E-state index contributed by atoms with van der Waals surface area (Å²) in [5.74, 6) is 0. The Kier molecular flexibility index (Phi) is 5.13. The summed E-state index contributed by atoms with van der Waals surface area (Å²) in [7, 11) is 1.92. The van der Waals surface area contributed by atoms with Crippen LogP contribution in [0.25, 0.3) is 22.0 Å². The zero-order valence-corrected chi connectivity index (χ0v) is 19.0. The lowest BCUT2D eigenvalue weighted by atomic mass is 9.92. The van der Waals surface area contributed by atoms with Crippen molar-refractivity contribution >= 4 is 22.8 Å². The summed E-state index contributed by atoms with van der Waals surface area (Å²) in [6.45, 7) is 0.937. The third kappa shape index (κ3) is 3.90. The molecule has 0 saturated heterocycles. The van der Waals surface area contributed by atoms with Gasteiger partial charge in [0.05, 0.1) is 23.9 Å². The van der Waals surface area contributed by atoms with Crippen molar-refractivity contribution in [1.82, 2.24) is 24.6 Å². The number of hydrogen-bond donors (Lipinski definition) is 0. The molecule has 1 aromatic carbocycles. The summed E-state index contributed by atoms with van der Waals surface area (Å²) in [6.07, 6.45) is 19.2. The molecule has 0 N–H and O–H groups in total. The van der Waals surface area contributed by atoms with E-state index in [1.165, 1.54) is 59.6 Å². The van der Waals surface area contributed by atoms with Gasteiger partial charge in [0.2, 0.25) is 0 Å². The van der Waals surface area contributed by atoms with Crippen molar-refractivity contribution in [3.63, 3.8) is 0 Å². The van der Waals surface area contributed by atoms with Gasteiger partial charge in [-0.1, -0.05) is 31.4 Å². The Labute approximate surface area is 194 Å². The maximum atomic E-state index is 4.93. The van der Waals surface area contributed by atoms with Crippen LogP contribution >= 0.6 is 0 Å². The number of fused-ring (bicyclic) bond motifs is 3. The fourth-order valence-corrected chi connectivity index (χ4v) is 5.28. The Morgan fingerprint density at radius 2 is 1.91 bits per heavy atom. The van der Waals surface area contributed by atoms with Crippen LogP contribution < -0.4 is 0 Å². The summed E-state index contributed by atoms with van der Waals surface area (Å²) in [5.41, 5.74) is 6.88. The van der Waals surface area contributed by atoms with Gasteiger partial charge in [-0.15, -0.1) is 0 Å². The lowest BCUT2D eigenvalue weighted by molar-refractivity contribution is 0.242. The van der Waals surface area contributed by atoms with Gasteiger partial charge < -0.3 is 4.90 Å². The molecule has 6 heteroatoms. The average Bonchev–Trinajstić information content (AvgIpc) is 3.31. The fraction of sp³-hybridized carbons (Fsp3) is 0.333. The van der Waals surface area contributed by atoms with E-state index in [4.69, 9.17) is 9.98 Å². The number of nitrogens with zero attached hydrogens (tertiary/aromatic N) is 6. The van der Waals surface area contributed by atoms with E-state index in [-0.39, 0.29) is 0 Å². The van der Waals surface area contributed by atoms with Crippen LogP contribution in [-0.4, -0.2) is 37.0 Å². The van der Waals surface area contributed by atoms with Gasteiger partial charge in [0, 0.05) is 60.8 Å². The Bertz CT molecular complexity index is 1310. The molecule has 4 aromatic rings. The van der Waals surface area contributed by atoms with E-state index in [1.54, 1.807) is 4.68 Å². The summed E-state index contributed by atoms with van der Waals surface area (Å²) < 4.78 is 1.80. The van der Waals surface area contributed by atoms with Crippen LogP contribution in [0.4, 0.5) is 5.69 Å². The number of aliphatic imine (C=N–C) groups is 1. The molecule has 0 unspecified atom stereocenters. The number of rotatable bonds is 4. The molecule has 3 aromatic heterocycles. The van der Waals surface area contributed by atoms with Crippen molar-refractivity contribution in [1.29, 1.82) is 0 Å². The Morgan fingerprint density at radius 3 is 2.70 bits per heavy atom. The highest BCUT2D eigenvalue weighted by Gasteiger charge is 2.24. The molecule has 0 bridgehead atoms. The monoisotopic (exact) mass is 436 g/mol. The van der Waals surface area contributed by atoms with Crippen molar-refractivity contribution < 1.29 is 0 Å². The number of aryl methyl sites for hydroxylation is 1. The van der Waals surface area contributed by atoms with Gasteiger partial charge in [-0.25, -0.2) is 4.99 Å². The molecule has 0 radical (unpaired) electrons. The average molecular weight is 437 g/mol. The van der Waals surface area contributed by atoms with Gasteiger partial charge in [0.25, 0.3) is 0 Å². The zero-order valence-electron chi connectivity index (χ0n) is 19.0. The fourth-order valence-electron chi connectivity index (χ4n) is 5.28. The first-order valence-electron chi connectivity index (χ1n) is 11.9. The maximum absolute atomic E-state index is 4.93. The molecule has 4 heterocycles. The maximum Gasteiger partial charge on any atom is 0.0918 e. The first kappa shape index (κ1) is 20.1. The lowest BCUT2D eigenvalue weighted by Crippen LogP contribution is -2.36. The third-order valence-corrected chi connectivity index (χ3v) is 7.03. The van der Waals surface area contributed by atoms with Crippen molar-refractivity contribution in [3.05, 3.63) is 71.9 Å². The first-order chi connectivity index (χ1) is 16.2. The molecule has 0 amide bonds. The van der Waals surface area contributed by atoms with Gasteiger partial charge in [-0.2, -0.15) is 5.10 Å². The standard InChI is InChI=1S/C27H28N6/c1-32-16-22(14-31-32)26-8-7-19(13-29-26)11-20-12-21-17-33(23-5-3-2-4-6-23)18-30-27(21)24-9-10-28-15-25(20)24/h7-10,12-16,18,23H,2-6,11,17H2,1H3. The minimum atomic E-state index is 0.622. The summed E-state index contributed by atoms with van der Waals surface area (Å²) in [6, 6.07) is 9.33. The van der Waals surface area contributed by atoms with Crippen molar-refractivity contribution in [2.45, 2.75) is 51.1 Å². The van der Waals surface area contributed by atoms with Crippen LogP contribution in [0, 0.1) is 0 Å². The van der Waals surface area contributed by atoms with E-state index in [2.05, 4.69) is 45.6 Å². The first-order valence-corrected chi connectivity index (χ1v) is 11.9. The van der Waals surface area contributed by atoms with E-state index >= 15 is 0 Å². The van der Waals surface area contributed by atoms with Crippen LogP contribution in [0.1, 0.15) is 48.8 Å². The summed E-state index contributed by atoms with van der Waals surface area (Å²) in [5, 5.41) is 6.62. The molecule has 33 heavy (non-hydrogen) atoms. The van der Waals surface area contributed by atoms with Crippen molar-refractivity contribution in [2.24, 2.45) is 12.0 Å². The zero-order chi connectivity index (χ0) is 22.2. The predicted octanol–water partition coefficient (Wildman–Crippen LogP) is 5.43. The second-order valence-electron chi connectivity index (χ2n) is 9.30. The molecule has 1 fully saturated rings. The Morgan fingerprint density at radius 1 is 1.00 bits per heavy atom. The highest BCUT2D eigenvalue weighted by atomic mass is 15.2. The third-order valence-electron chi connectivity index (χ3n) is 7.03. The molecule has 6 rings (SSSR count). The normalized spacial score (nSPS) is 16.3. The van der Waals surface area contributed by atoms with E-state index in [9.17, 15) is 0 Å². The Balaban J connectivity index is 1.32. The van der Waals surface area contributed by atoms with Gasteiger partial charge in [0.1, 0.15) is 0 Å². The van der Waals surface area contributed by atoms with Gasteiger partial charge in [0.15, 0.2) is 0 Å². The second kappa shape index (κ2) is 8.43. The number of hydrogen-bond acceptors (Lipinski definition) is 5. The molecule has 0 spiro atoms. The molecule has 2 aliphatic rings. The summed E-state index contributed by atoms with van der Waals surface area (Å²) >= 11 is 0. The van der Waals surface area contributed by atoms with Crippen molar-refractivity contribution in [3.8, 4) is 11.3 Å². The number of benzene rings is 1. The predicted molar refractivity (Wildman–Crippen MR) is 132 cm³/mol. The molecular formula is C27H28N6. The van der Waals surface area contributed by atoms with Crippen LogP contribution in [0.5, 0.6) is 0 Å². The SMILES string of the molecule is Cn1cc(-c2ccc(Cc3cc4c(c5ccncc35)N=CN(C3CCCCC3)C4)cn2)cn1. The van der Waals surface area contributed by atoms with Gasteiger partial charge in [-0.3, -0.25) is 14.6 Å². The van der Waals surface area contributed by atoms with Crippen LogP contribution in [-0.2, 0) is 20.0 Å². The summed E-state index contributed by atoms with van der Waals surface area (Å²) in [4.78, 5) is 16.5. The highest BCUT2D eigenvalue weighted by Crippen LogP contribution is 2.37. The topological polar surface area (TPSA) is 59.2 Å². The molecular weight excluding hydrogens is 408 g/mol.